The van der Waals surface area contributed by atoms with Crippen molar-refractivity contribution in [2.24, 2.45) is 16.6 Å². The predicted molar refractivity (Wildman–Crippen MR) is 70.0 cm³/mol. The Balaban J connectivity index is 2.30. The number of halogens is 3. The molecule has 2 unspecified atom stereocenters. The molecule has 1 aliphatic heterocycles. The molecule has 1 saturated heterocycles. The Morgan fingerprint density at radius 1 is 1.53 bits per heavy atom. The lowest BCUT2D eigenvalue weighted by atomic mass is 10.1. The molecule has 7 heteroatoms. The highest BCUT2D eigenvalue weighted by atomic mass is 19.4. The molecule has 0 radical (unpaired) electrons. The first-order valence-corrected chi connectivity index (χ1v) is 6.65. The van der Waals surface area contributed by atoms with Gasteiger partial charge >= 0.3 is 6.18 Å². The zero-order chi connectivity index (χ0) is 14.5. The molecule has 0 aromatic rings. The fraction of sp³-hybridized carbons (Fsp3) is 0.917. The highest BCUT2D eigenvalue weighted by molar-refractivity contribution is 5.78. The first kappa shape index (κ1) is 16.1. The van der Waals surface area contributed by atoms with Crippen LogP contribution in [0, 0.1) is 5.92 Å². The summed E-state index contributed by atoms with van der Waals surface area (Å²) in [6, 6.07) is 0.258. The Labute approximate surface area is 112 Å². The van der Waals surface area contributed by atoms with Crippen LogP contribution in [0.15, 0.2) is 4.99 Å². The van der Waals surface area contributed by atoms with Gasteiger partial charge in [0.1, 0.15) is 0 Å². The number of guanidine groups is 1. The van der Waals surface area contributed by atoms with Gasteiger partial charge in [0.05, 0.1) is 6.54 Å². The minimum absolute atomic E-state index is 0.166. The summed E-state index contributed by atoms with van der Waals surface area (Å²) >= 11 is 0. The largest absolute Gasteiger partial charge is 0.401 e. The van der Waals surface area contributed by atoms with Gasteiger partial charge in [0.25, 0.3) is 0 Å². The summed E-state index contributed by atoms with van der Waals surface area (Å²) in [6.07, 6.45) is -2.43. The molecular weight excluding hydrogens is 257 g/mol. The summed E-state index contributed by atoms with van der Waals surface area (Å²) in [6.45, 7) is 4.63. The number of likely N-dealkylation sites (tertiary alicyclic amines) is 1. The van der Waals surface area contributed by atoms with Crippen molar-refractivity contribution in [2.75, 3.05) is 26.2 Å². The van der Waals surface area contributed by atoms with E-state index >= 15 is 0 Å². The van der Waals surface area contributed by atoms with Crippen LogP contribution < -0.4 is 11.1 Å². The SMILES string of the molecule is CCC(C)NC(N)=NCC1CCN(CC(F)(F)F)C1. The average molecular weight is 280 g/mol. The summed E-state index contributed by atoms with van der Waals surface area (Å²) in [5.41, 5.74) is 5.71. The van der Waals surface area contributed by atoms with Crippen molar-refractivity contribution in [2.45, 2.75) is 38.9 Å². The van der Waals surface area contributed by atoms with E-state index in [0.29, 0.717) is 25.6 Å². The number of rotatable bonds is 5. The van der Waals surface area contributed by atoms with Crippen LogP contribution in [0.1, 0.15) is 26.7 Å². The summed E-state index contributed by atoms with van der Waals surface area (Å²) in [5.74, 6) is 0.545. The summed E-state index contributed by atoms with van der Waals surface area (Å²) < 4.78 is 36.7. The van der Waals surface area contributed by atoms with Gasteiger partial charge in [0.15, 0.2) is 5.96 Å². The number of nitrogens with two attached hydrogens (primary N) is 1. The number of hydrogen-bond acceptors (Lipinski definition) is 2. The van der Waals surface area contributed by atoms with Crippen molar-refractivity contribution in [1.29, 1.82) is 0 Å². The molecule has 2 atom stereocenters. The molecule has 19 heavy (non-hydrogen) atoms. The molecule has 4 nitrogen and oxygen atoms in total. The molecule has 1 aliphatic rings. The fourth-order valence-corrected chi connectivity index (χ4v) is 2.09. The molecule has 0 amide bonds. The van der Waals surface area contributed by atoms with E-state index in [1.165, 1.54) is 4.90 Å². The maximum atomic E-state index is 12.2. The Morgan fingerprint density at radius 3 is 2.79 bits per heavy atom. The fourth-order valence-electron chi connectivity index (χ4n) is 2.09. The van der Waals surface area contributed by atoms with E-state index in [1.54, 1.807) is 0 Å². The minimum Gasteiger partial charge on any atom is -0.370 e. The van der Waals surface area contributed by atoms with Gasteiger partial charge in [-0.25, -0.2) is 0 Å². The number of nitrogens with one attached hydrogen (secondary N) is 1. The van der Waals surface area contributed by atoms with Gasteiger partial charge in [0.2, 0.25) is 0 Å². The number of hydrogen-bond donors (Lipinski definition) is 2. The lowest BCUT2D eigenvalue weighted by Crippen LogP contribution is -2.38. The van der Waals surface area contributed by atoms with E-state index in [9.17, 15) is 13.2 Å². The van der Waals surface area contributed by atoms with Crippen molar-refractivity contribution < 1.29 is 13.2 Å². The average Bonchev–Trinajstić information content (AvgIpc) is 2.71. The Kier molecular flexibility index (Phi) is 5.90. The quantitative estimate of drug-likeness (QED) is 0.594. The van der Waals surface area contributed by atoms with Crippen LogP contribution in [-0.4, -0.2) is 49.3 Å². The number of nitrogens with zero attached hydrogens (tertiary/aromatic N) is 2. The zero-order valence-electron chi connectivity index (χ0n) is 11.5. The molecule has 0 aromatic carbocycles. The van der Waals surface area contributed by atoms with Gasteiger partial charge in [-0.1, -0.05) is 6.92 Å². The zero-order valence-corrected chi connectivity index (χ0v) is 11.5. The van der Waals surface area contributed by atoms with Crippen molar-refractivity contribution >= 4 is 5.96 Å². The normalized spacial score (nSPS) is 23.6. The first-order chi connectivity index (χ1) is 8.80. The van der Waals surface area contributed by atoms with Gasteiger partial charge in [0, 0.05) is 19.1 Å². The summed E-state index contributed by atoms with van der Waals surface area (Å²) in [7, 11) is 0. The number of alkyl halides is 3. The third-order valence-corrected chi connectivity index (χ3v) is 3.30. The Morgan fingerprint density at radius 2 is 2.21 bits per heavy atom. The lowest BCUT2D eigenvalue weighted by Gasteiger charge is -2.17. The lowest BCUT2D eigenvalue weighted by molar-refractivity contribution is -0.143. The van der Waals surface area contributed by atoms with Crippen molar-refractivity contribution in [3.05, 3.63) is 0 Å². The highest BCUT2D eigenvalue weighted by Gasteiger charge is 2.34. The van der Waals surface area contributed by atoms with Crippen molar-refractivity contribution in [3.63, 3.8) is 0 Å². The topological polar surface area (TPSA) is 53.6 Å². The van der Waals surface area contributed by atoms with Gasteiger partial charge in [-0.05, 0) is 32.2 Å². The maximum absolute atomic E-state index is 12.2. The van der Waals surface area contributed by atoms with Crippen LogP contribution in [0.5, 0.6) is 0 Å². The van der Waals surface area contributed by atoms with Crippen molar-refractivity contribution in [1.82, 2.24) is 10.2 Å². The van der Waals surface area contributed by atoms with Crippen LogP contribution in [0.4, 0.5) is 13.2 Å². The molecule has 0 aliphatic carbocycles. The molecular formula is C12H23F3N4. The van der Waals surface area contributed by atoms with E-state index in [0.717, 1.165) is 12.8 Å². The third-order valence-electron chi connectivity index (χ3n) is 3.30. The van der Waals surface area contributed by atoms with E-state index < -0.39 is 12.7 Å². The molecule has 1 rings (SSSR count). The van der Waals surface area contributed by atoms with Gasteiger partial charge < -0.3 is 11.1 Å². The van der Waals surface area contributed by atoms with Crippen molar-refractivity contribution in [3.8, 4) is 0 Å². The van der Waals surface area contributed by atoms with Crippen LogP contribution in [0.25, 0.3) is 0 Å². The molecule has 0 bridgehead atoms. The third kappa shape index (κ3) is 6.66. The Bertz CT molecular complexity index is 304. The molecule has 1 fully saturated rings. The predicted octanol–water partition coefficient (Wildman–Crippen LogP) is 1.57. The standard InChI is InChI=1S/C12H23F3N4/c1-3-9(2)18-11(16)17-6-10-4-5-19(7-10)8-12(13,14)15/h9-10H,3-8H2,1-2H3,(H3,16,17,18). The van der Waals surface area contributed by atoms with Crippen LogP contribution in [0.2, 0.25) is 0 Å². The second-order valence-corrected chi connectivity index (χ2v) is 5.18. The molecule has 0 saturated carbocycles. The van der Waals surface area contributed by atoms with E-state index in [4.69, 9.17) is 5.73 Å². The van der Waals surface area contributed by atoms with E-state index in [-0.39, 0.29) is 12.0 Å². The molecule has 0 spiro atoms. The van der Waals surface area contributed by atoms with Gasteiger partial charge in [-0.3, -0.25) is 9.89 Å². The van der Waals surface area contributed by atoms with Crippen LogP contribution in [0.3, 0.4) is 0 Å². The minimum atomic E-state index is -4.12. The second kappa shape index (κ2) is 6.98. The molecule has 1 heterocycles. The van der Waals surface area contributed by atoms with Gasteiger partial charge in [-0.2, -0.15) is 13.2 Å². The van der Waals surface area contributed by atoms with Crippen LogP contribution >= 0.6 is 0 Å². The summed E-state index contributed by atoms with van der Waals surface area (Å²) in [5, 5.41) is 3.04. The molecule has 112 valence electrons. The molecule has 3 N–H and O–H groups in total. The maximum Gasteiger partial charge on any atom is 0.401 e. The number of aliphatic imine (C=N–C) groups is 1. The second-order valence-electron chi connectivity index (χ2n) is 5.18. The van der Waals surface area contributed by atoms with Crippen LogP contribution in [-0.2, 0) is 0 Å². The highest BCUT2D eigenvalue weighted by Crippen LogP contribution is 2.22. The monoisotopic (exact) mass is 280 g/mol. The smallest absolute Gasteiger partial charge is 0.370 e. The van der Waals surface area contributed by atoms with E-state index in [1.807, 2.05) is 13.8 Å². The first-order valence-electron chi connectivity index (χ1n) is 6.65. The molecule has 0 aromatic heterocycles. The summed E-state index contributed by atoms with van der Waals surface area (Å²) in [4.78, 5) is 5.63. The van der Waals surface area contributed by atoms with E-state index in [2.05, 4.69) is 10.3 Å². The Hall–Kier alpha value is -0.980. The van der Waals surface area contributed by atoms with Gasteiger partial charge in [-0.15, -0.1) is 0 Å².